The first-order chi connectivity index (χ1) is 10.7. The summed E-state index contributed by atoms with van der Waals surface area (Å²) in [7, 11) is 0. The molecule has 0 amide bonds. The molecule has 0 saturated heterocycles. The summed E-state index contributed by atoms with van der Waals surface area (Å²) in [4.78, 5) is 0.784. The van der Waals surface area contributed by atoms with Crippen LogP contribution in [0.4, 0.5) is 0 Å². The lowest BCUT2D eigenvalue weighted by Gasteiger charge is -2.05. The highest BCUT2D eigenvalue weighted by Gasteiger charge is 2.12. The number of rotatable bonds is 6. The smallest absolute Gasteiger partial charge is 0.234 e. The zero-order chi connectivity index (χ0) is 15.5. The number of nitrogens with zero attached hydrogens (tertiary/aromatic N) is 4. The molecule has 2 aromatic heterocycles. The van der Waals surface area contributed by atoms with Crippen molar-refractivity contribution >= 4 is 39.5 Å². The lowest BCUT2D eigenvalue weighted by molar-refractivity contribution is 0.304. The molecular weight excluding hydrogens is 343 g/mol. The fraction of sp³-hybridized carbons (Fsp3) is 0.357. The van der Waals surface area contributed by atoms with Gasteiger partial charge in [0.15, 0.2) is 10.8 Å². The van der Waals surface area contributed by atoms with Gasteiger partial charge in [0.05, 0.1) is 5.02 Å². The van der Waals surface area contributed by atoms with Gasteiger partial charge in [-0.25, -0.2) is 0 Å². The Balaban J connectivity index is 1.72. The molecule has 8 heteroatoms. The minimum Gasteiger partial charge on any atom is -0.485 e. The van der Waals surface area contributed by atoms with Crippen LogP contribution in [0.25, 0.3) is 4.96 Å². The van der Waals surface area contributed by atoms with E-state index in [1.165, 1.54) is 11.3 Å². The molecule has 0 aliphatic carbocycles. The Hall–Kier alpha value is -1.37. The number of halogens is 2. The van der Waals surface area contributed by atoms with Crippen LogP contribution < -0.4 is 4.74 Å². The van der Waals surface area contributed by atoms with E-state index in [4.69, 9.17) is 27.9 Å². The molecule has 3 rings (SSSR count). The summed E-state index contributed by atoms with van der Waals surface area (Å²) in [6.45, 7) is 2.48. The van der Waals surface area contributed by atoms with E-state index in [1.54, 1.807) is 22.7 Å². The van der Waals surface area contributed by atoms with Gasteiger partial charge >= 0.3 is 0 Å². The highest BCUT2D eigenvalue weighted by molar-refractivity contribution is 7.16. The Kier molecular flexibility index (Phi) is 4.81. The Morgan fingerprint density at radius 1 is 1.27 bits per heavy atom. The molecule has 5 nitrogen and oxygen atoms in total. The molecule has 22 heavy (non-hydrogen) atoms. The number of unbranched alkanes of at least 4 members (excludes halogenated alkanes) is 1. The third-order valence-corrected chi connectivity index (χ3v) is 4.50. The van der Waals surface area contributed by atoms with Crippen LogP contribution >= 0.6 is 34.5 Å². The highest BCUT2D eigenvalue weighted by atomic mass is 35.5. The van der Waals surface area contributed by atoms with Crippen molar-refractivity contribution in [2.24, 2.45) is 0 Å². The second-order valence-corrected chi connectivity index (χ2v) is 6.66. The third-order valence-electron chi connectivity index (χ3n) is 3.10. The van der Waals surface area contributed by atoms with E-state index in [0.717, 1.165) is 35.1 Å². The number of benzene rings is 1. The first-order valence-electron chi connectivity index (χ1n) is 6.95. The van der Waals surface area contributed by atoms with Crippen molar-refractivity contribution < 1.29 is 4.74 Å². The van der Waals surface area contributed by atoms with Crippen molar-refractivity contribution in [2.75, 3.05) is 0 Å². The third kappa shape index (κ3) is 3.34. The Bertz CT molecular complexity index is 786. The fourth-order valence-electron chi connectivity index (χ4n) is 1.98. The molecule has 0 N–H and O–H groups in total. The van der Waals surface area contributed by atoms with E-state index in [0.29, 0.717) is 22.4 Å². The van der Waals surface area contributed by atoms with Gasteiger partial charge in [0, 0.05) is 11.4 Å². The molecule has 0 fully saturated rings. The maximum atomic E-state index is 6.08. The minimum absolute atomic E-state index is 0.336. The SMILES string of the molecule is CCCCc1nnc2sc(COc3ccc(Cl)cc3Cl)nn12. The van der Waals surface area contributed by atoms with Crippen LogP contribution in [0.2, 0.25) is 10.0 Å². The highest BCUT2D eigenvalue weighted by Crippen LogP contribution is 2.28. The normalized spacial score (nSPS) is 11.2. The maximum Gasteiger partial charge on any atom is 0.234 e. The minimum atomic E-state index is 0.336. The van der Waals surface area contributed by atoms with Gasteiger partial charge in [-0.1, -0.05) is 47.9 Å². The van der Waals surface area contributed by atoms with Crippen molar-refractivity contribution in [3.8, 4) is 5.75 Å². The van der Waals surface area contributed by atoms with Crippen molar-refractivity contribution in [3.05, 3.63) is 39.1 Å². The van der Waals surface area contributed by atoms with Gasteiger partial charge in [-0.15, -0.1) is 10.2 Å². The molecule has 0 bridgehead atoms. The topological polar surface area (TPSA) is 52.3 Å². The second-order valence-electron chi connectivity index (χ2n) is 4.77. The standard InChI is InChI=1S/C14H14Cl2N4OS/c1-2-3-4-12-17-18-14-20(12)19-13(22-14)8-21-11-6-5-9(15)7-10(11)16/h5-7H,2-4,8H2,1H3. The first kappa shape index (κ1) is 15.5. The van der Waals surface area contributed by atoms with E-state index in [-0.39, 0.29) is 0 Å². The monoisotopic (exact) mass is 356 g/mol. The molecular formula is C14H14Cl2N4OS. The number of ether oxygens (including phenoxy) is 1. The molecule has 2 heterocycles. The van der Waals surface area contributed by atoms with Gasteiger partial charge in [-0.2, -0.15) is 9.61 Å². The van der Waals surface area contributed by atoms with Gasteiger partial charge in [0.1, 0.15) is 12.4 Å². The molecule has 0 unspecified atom stereocenters. The lowest BCUT2D eigenvalue weighted by atomic mass is 10.2. The molecule has 0 spiro atoms. The average Bonchev–Trinajstić information content (AvgIpc) is 3.04. The maximum absolute atomic E-state index is 6.08. The van der Waals surface area contributed by atoms with Gasteiger partial charge in [-0.05, 0) is 24.6 Å². The molecule has 0 atom stereocenters. The lowest BCUT2D eigenvalue weighted by Crippen LogP contribution is -2.00. The predicted octanol–water partition coefficient (Wildman–Crippen LogP) is 4.41. The first-order valence-corrected chi connectivity index (χ1v) is 8.52. The summed E-state index contributed by atoms with van der Waals surface area (Å²) in [5.74, 6) is 1.48. The molecule has 0 saturated carbocycles. The molecule has 3 aromatic rings. The zero-order valence-electron chi connectivity index (χ0n) is 11.9. The summed E-state index contributed by atoms with van der Waals surface area (Å²) < 4.78 is 7.49. The van der Waals surface area contributed by atoms with Crippen LogP contribution in [-0.4, -0.2) is 19.8 Å². The summed E-state index contributed by atoms with van der Waals surface area (Å²) in [6.07, 6.45) is 3.07. The largest absolute Gasteiger partial charge is 0.485 e. The average molecular weight is 357 g/mol. The van der Waals surface area contributed by atoms with Gasteiger partial charge < -0.3 is 4.74 Å². The van der Waals surface area contributed by atoms with Crippen molar-refractivity contribution in [2.45, 2.75) is 32.8 Å². The van der Waals surface area contributed by atoms with Crippen LogP contribution in [-0.2, 0) is 13.0 Å². The van der Waals surface area contributed by atoms with Crippen LogP contribution in [0, 0.1) is 0 Å². The predicted molar refractivity (Wildman–Crippen MR) is 88.1 cm³/mol. The summed E-state index contributed by atoms with van der Waals surface area (Å²) in [5.41, 5.74) is 0. The second kappa shape index (κ2) is 6.81. The Labute approximate surface area is 141 Å². The van der Waals surface area contributed by atoms with Crippen molar-refractivity contribution in [1.29, 1.82) is 0 Å². The van der Waals surface area contributed by atoms with Crippen LogP contribution in [0.3, 0.4) is 0 Å². The van der Waals surface area contributed by atoms with Crippen molar-refractivity contribution in [3.63, 3.8) is 0 Å². The zero-order valence-corrected chi connectivity index (χ0v) is 14.3. The van der Waals surface area contributed by atoms with Crippen molar-refractivity contribution in [1.82, 2.24) is 19.8 Å². The van der Waals surface area contributed by atoms with E-state index in [2.05, 4.69) is 22.2 Å². The number of hydrogen-bond acceptors (Lipinski definition) is 5. The van der Waals surface area contributed by atoms with Crippen LogP contribution in [0.5, 0.6) is 5.75 Å². The Morgan fingerprint density at radius 3 is 2.91 bits per heavy atom. The molecule has 1 aromatic carbocycles. The molecule has 116 valence electrons. The van der Waals surface area contributed by atoms with Crippen LogP contribution in [0.15, 0.2) is 18.2 Å². The van der Waals surface area contributed by atoms with E-state index >= 15 is 0 Å². The summed E-state index contributed by atoms with van der Waals surface area (Å²) in [6, 6.07) is 5.14. The summed E-state index contributed by atoms with van der Waals surface area (Å²) >= 11 is 13.4. The Morgan fingerprint density at radius 2 is 2.14 bits per heavy atom. The molecule has 0 radical (unpaired) electrons. The molecule has 0 aliphatic rings. The number of hydrogen-bond donors (Lipinski definition) is 0. The number of aryl methyl sites for hydroxylation is 1. The quantitative estimate of drug-likeness (QED) is 0.656. The van der Waals surface area contributed by atoms with E-state index in [9.17, 15) is 0 Å². The summed E-state index contributed by atoms with van der Waals surface area (Å²) in [5, 5.41) is 14.7. The van der Waals surface area contributed by atoms with Gasteiger partial charge in [0.2, 0.25) is 4.96 Å². The van der Waals surface area contributed by atoms with E-state index < -0.39 is 0 Å². The number of fused-ring (bicyclic) bond motifs is 1. The van der Waals surface area contributed by atoms with E-state index in [1.807, 2.05) is 0 Å². The molecule has 0 aliphatic heterocycles. The fourth-order valence-corrected chi connectivity index (χ4v) is 3.21. The van der Waals surface area contributed by atoms with Gasteiger partial charge in [-0.3, -0.25) is 0 Å². The van der Waals surface area contributed by atoms with Gasteiger partial charge in [0.25, 0.3) is 0 Å². The number of aromatic nitrogens is 4. The van der Waals surface area contributed by atoms with Crippen LogP contribution in [0.1, 0.15) is 30.6 Å².